The van der Waals surface area contributed by atoms with Crippen LogP contribution in [-0.2, 0) is 0 Å². The predicted octanol–water partition coefficient (Wildman–Crippen LogP) is 2.68. The van der Waals surface area contributed by atoms with Crippen LogP contribution in [0.15, 0.2) is 11.6 Å². The van der Waals surface area contributed by atoms with E-state index in [-0.39, 0.29) is 0 Å². The molecule has 0 N–H and O–H groups in total. The van der Waals surface area contributed by atoms with Crippen molar-refractivity contribution in [3.63, 3.8) is 0 Å². The summed E-state index contributed by atoms with van der Waals surface area (Å²) in [5, 5.41) is 0. The van der Waals surface area contributed by atoms with E-state index in [1.54, 1.807) is 5.57 Å². The molecule has 0 spiro atoms. The topological polar surface area (TPSA) is 3.24 Å². The third kappa shape index (κ3) is 2.34. The quantitative estimate of drug-likeness (QED) is 0.543. The average molecular weight is 167 g/mol. The Bertz CT molecular complexity index is 189. The van der Waals surface area contributed by atoms with Crippen LogP contribution in [0.4, 0.5) is 0 Å². The molecule has 0 aromatic carbocycles. The predicted molar refractivity (Wildman–Crippen MR) is 54.2 cm³/mol. The zero-order chi connectivity index (χ0) is 9.35. The molecule has 1 heteroatoms. The lowest BCUT2D eigenvalue weighted by molar-refractivity contribution is 0.211. The maximum absolute atomic E-state index is 2.41. The van der Waals surface area contributed by atoms with E-state index in [9.17, 15) is 0 Å². The Morgan fingerprint density at radius 1 is 1.42 bits per heavy atom. The standard InChI is InChI=1S/C11H21N/c1-9-6-10(12(4)5)8-11(2,3)7-9/h6,10H,7-8H2,1-5H3. The van der Waals surface area contributed by atoms with Gasteiger partial charge in [-0.05, 0) is 39.3 Å². The number of nitrogens with zero attached hydrogens (tertiary/aromatic N) is 1. The average Bonchev–Trinajstić information content (AvgIpc) is 1.82. The Morgan fingerprint density at radius 2 is 2.00 bits per heavy atom. The van der Waals surface area contributed by atoms with Crippen LogP contribution >= 0.6 is 0 Å². The summed E-state index contributed by atoms with van der Waals surface area (Å²) in [7, 11) is 4.33. The molecule has 0 bridgehead atoms. The number of hydrogen-bond acceptors (Lipinski definition) is 1. The SMILES string of the molecule is CC1=CC(N(C)C)CC(C)(C)C1. The van der Waals surface area contributed by atoms with E-state index in [0.29, 0.717) is 11.5 Å². The first-order chi connectivity index (χ1) is 5.41. The molecule has 0 aromatic heterocycles. The van der Waals surface area contributed by atoms with Crippen molar-refractivity contribution in [3.05, 3.63) is 11.6 Å². The summed E-state index contributed by atoms with van der Waals surface area (Å²) in [6.45, 7) is 6.97. The lowest BCUT2D eigenvalue weighted by atomic mass is 9.75. The molecule has 1 aliphatic carbocycles. The molecule has 1 unspecified atom stereocenters. The Morgan fingerprint density at radius 3 is 2.42 bits per heavy atom. The highest BCUT2D eigenvalue weighted by Crippen LogP contribution is 2.36. The van der Waals surface area contributed by atoms with Gasteiger partial charge in [0.25, 0.3) is 0 Å². The molecule has 0 heterocycles. The second-order valence-electron chi connectivity index (χ2n) is 5.09. The summed E-state index contributed by atoms with van der Waals surface area (Å²) in [6, 6.07) is 0.647. The van der Waals surface area contributed by atoms with Gasteiger partial charge < -0.3 is 4.90 Å². The Hall–Kier alpha value is -0.300. The minimum Gasteiger partial charge on any atom is -0.303 e. The molecule has 12 heavy (non-hydrogen) atoms. The van der Waals surface area contributed by atoms with Gasteiger partial charge in [0.05, 0.1) is 0 Å². The number of hydrogen-bond donors (Lipinski definition) is 0. The fourth-order valence-corrected chi connectivity index (χ4v) is 2.17. The van der Waals surface area contributed by atoms with Gasteiger partial charge in [-0.1, -0.05) is 25.5 Å². The van der Waals surface area contributed by atoms with Crippen molar-refractivity contribution >= 4 is 0 Å². The molecule has 0 saturated carbocycles. The molecule has 70 valence electrons. The third-order valence-corrected chi connectivity index (χ3v) is 2.66. The van der Waals surface area contributed by atoms with Crippen molar-refractivity contribution in [1.29, 1.82) is 0 Å². The molecule has 0 aromatic rings. The van der Waals surface area contributed by atoms with Gasteiger partial charge in [-0.15, -0.1) is 0 Å². The zero-order valence-electron chi connectivity index (χ0n) is 9.02. The summed E-state index contributed by atoms with van der Waals surface area (Å²) < 4.78 is 0. The van der Waals surface area contributed by atoms with Gasteiger partial charge in [-0.25, -0.2) is 0 Å². The van der Waals surface area contributed by atoms with Crippen LogP contribution in [0, 0.1) is 5.41 Å². The highest BCUT2D eigenvalue weighted by molar-refractivity contribution is 5.12. The molecule has 1 atom stereocenters. The molecule has 1 rings (SSSR count). The van der Waals surface area contributed by atoms with Gasteiger partial charge in [0.15, 0.2) is 0 Å². The van der Waals surface area contributed by atoms with Crippen LogP contribution < -0.4 is 0 Å². The number of likely N-dealkylation sites (N-methyl/N-ethyl adjacent to an activating group) is 1. The smallest absolute Gasteiger partial charge is 0.0279 e. The van der Waals surface area contributed by atoms with Crippen LogP contribution in [-0.4, -0.2) is 25.0 Å². The maximum atomic E-state index is 2.41. The van der Waals surface area contributed by atoms with Crippen molar-refractivity contribution in [1.82, 2.24) is 4.90 Å². The molecular formula is C11H21N. The van der Waals surface area contributed by atoms with Gasteiger partial charge in [0.1, 0.15) is 0 Å². The molecule has 0 aliphatic heterocycles. The monoisotopic (exact) mass is 167 g/mol. The van der Waals surface area contributed by atoms with Gasteiger partial charge in [0.2, 0.25) is 0 Å². The van der Waals surface area contributed by atoms with Crippen LogP contribution in [0.2, 0.25) is 0 Å². The normalized spacial score (nSPS) is 28.8. The highest BCUT2D eigenvalue weighted by atomic mass is 15.1. The largest absolute Gasteiger partial charge is 0.303 e. The van der Waals surface area contributed by atoms with E-state index >= 15 is 0 Å². The van der Waals surface area contributed by atoms with Gasteiger partial charge >= 0.3 is 0 Å². The Balaban J connectivity index is 2.74. The van der Waals surface area contributed by atoms with Crippen LogP contribution in [0.5, 0.6) is 0 Å². The summed E-state index contributed by atoms with van der Waals surface area (Å²) in [5.74, 6) is 0. The fraction of sp³-hybridized carbons (Fsp3) is 0.818. The summed E-state index contributed by atoms with van der Waals surface area (Å²) in [6.07, 6.45) is 4.96. The van der Waals surface area contributed by atoms with Gasteiger partial charge in [0, 0.05) is 6.04 Å². The van der Waals surface area contributed by atoms with Gasteiger partial charge in [-0.3, -0.25) is 0 Å². The molecule has 1 aliphatic rings. The first kappa shape index (κ1) is 9.79. The van der Waals surface area contributed by atoms with E-state index in [1.165, 1.54) is 12.8 Å². The highest BCUT2D eigenvalue weighted by Gasteiger charge is 2.27. The van der Waals surface area contributed by atoms with E-state index in [0.717, 1.165) is 0 Å². The summed E-state index contributed by atoms with van der Waals surface area (Å²) >= 11 is 0. The maximum Gasteiger partial charge on any atom is 0.0279 e. The Labute approximate surface area is 76.5 Å². The molecule has 0 amide bonds. The second kappa shape index (κ2) is 3.21. The van der Waals surface area contributed by atoms with Crippen molar-refractivity contribution in [3.8, 4) is 0 Å². The number of allylic oxidation sites excluding steroid dienone is 1. The molecule has 0 saturated heterocycles. The van der Waals surface area contributed by atoms with Crippen molar-refractivity contribution in [2.24, 2.45) is 5.41 Å². The van der Waals surface area contributed by atoms with E-state index in [1.807, 2.05) is 0 Å². The van der Waals surface area contributed by atoms with Crippen molar-refractivity contribution in [2.45, 2.75) is 39.7 Å². The first-order valence-corrected chi connectivity index (χ1v) is 4.74. The Kier molecular flexibility index (Phi) is 2.62. The lowest BCUT2D eigenvalue weighted by Crippen LogP contribution is -2.34. The van der Waals surface area contributed by atoms with Crippen molar-refractivity contribution < 1.29 is 0 Å². The molecule has 1 nitrogen and oxygen atoms in total. The number of rotatable bonds is 1. The van der Waals surface area contributed by atoms with Gasteiger partial charge in [-0.2, -0.15) is 0 Å². The fourth-order valence-electron chi connectivity index (χ4n) is 2.17. The van der Waals surface area contributed by atoms with Crippen molar-refractivity contribution in [2.75, 3.05) is 14.1 Å². The third-order valence-electron chi connectivity index (χ3n) is 2.66. The summed E-state index contributed by atoms with van der Waals surface area (Å²) in [4.78, 5) is 2.31. The molecule has 0 fully saturated rings. The minimum absolute atomic E-state index is 0.494. The lowest BCUT2D eigenvalue weighted by Gasteiger charge is -2.36. The molecular weight excluding hydrogens is 146 g/mol. The van der Waals surface area contributed by atoms with E-state index in [2.05, 4.69) is 45.8 Å². The van der Waals surface area contributed by atoms with E-state index in [4.69, 9.17) is 0 Å². The molecule has 0 radical (unpaired) electrons. The van der Waals surface area contributed by atoms with Crippen LogP contribution in [0.25, 0.3) is 0 Å². The summed E-state index contributed by atoms with van der Waals surface area (Å²) in [5.41, 5.74) is 2.04. The van der Waals surface area contributed by atoms with E-state index < -0.39 is 0 Å². The zero-order valence-corrected chi connectivity index (χ0v) is 9.02. The second-order valence-corrected chi connectivity index (χ2v) is 5.09. The van der Waals surface area contributed by atoms with Crippen LogP contribution in [0.1, 0.15) is 33.6 Å². The van der Waals surface area contributed by atoms with Crippen LogP contribution in [0.3, 0.4) is 0 Å². The minimum atomic E-state index is 0.494. The first-order valence-electron chi connectivity index (χ1n) is 4.74.